The van der Waals surface area contributed by atoms with Crippen LogP contribution in [-0.4, -0.2) is 30.4 Å². The van der Waals surface area contributed by atoms with Gasteiger partial charge in [-0.3, -0.25) is 4.79 Å². The molecule has 1 aromatic heterocycles. The molecule has 0 aliphatic heterocycles. The maximum atomic E-state index is 12.8. The summed E-state index contributed by atoms with van der Waals surface area (Å²) < 4.78 is 42.1. The van der Waals surface area contributed by atoms with Crippen LogP contribution in [0, 0.1) is 5.82 Å². The summed E-state index contributed by atoms with van der Waals surface area (Å²) in [6.07, 6.45) is 1.23. The zero-order valence-corrected chi connectivity index (χ0v) is 12.1. The van der Waals surface area contributed by atoms with Gasteiger partial charge in [0.05, 0.1) is 10.5 Å². The van der Waals surface area contributed by atoms with Gasteiger partial charge in [-0.25, -0.2) is 17.6 Å². The number of rotatable bonds is 5. The van der Waals surface area contributed by atoms with Crippen LogP contribution in [0.15, 0.2) is 62.8 Å². The second kappa shape index (κ2) is 6.05. The average Bonchev–Trinajstić information content (AvgIpc) is 2.98. The molecule has 1 aromatic carbocycles. The summed E-state index contributed by atoms with van der Waals surface area (Å²) in [7, 11) is -4.10. The quantitative estimate of drug-likeness (QED) is 0.369. The monoisotopic (exact) mass is 340 g/mol. The van der Waals surface area contributed by atoms with Gasteiger partial charge in [-0.05, 0) is 24.3 Å². The molecule has 0 aliphatic rings. The van der Waals surface area contributed by atoms with Crippen molar-refractivity contribution in [2.24, 2.45) is 0 Å². The molecule has 0 saturated heterocycles. The molecule has 120 valence electrons. The first-order valence-corrected chi connectivity index (χ1v) is 7.47. The highest BCUT2D eigenvalue weighted by atomic mass is 32.2. The van der Waals surface area contributed by atoms with Crippen molar-refractivity contribution in [3.63, 3.8) is 0 Å². The number of sulfone groups is 1. The largest absolute Gasteiger partial charge is 0.502 e. The van der Waals surface area contributed by atoms with Gasteiger partial charge in [0, 0.05) is 12.1 Å². The van der Waals surface area contributed by atoms with Gasteiger partial charge in [0.2, 0.25) is 20.7 Å². The Kier molecular flexibility index (Phi) is 4.32. The molecule has 0 unspecified atom stereocenters. The summed E-state index contributed by atoms with van der Waals surface area (Å²) in [5, 5.41) is 16.9. The van der Waals surface area contributed by atoms with Crippen LogP contribution < -0.4 is 0 Å². The van der Waals surface area contributed by atoms with E-state index in [4.69, 9.17) is 14.6 Å². The molecule has 0 spiro atoms. The number of aliphatic carboxylic acids is 1. The normalized spacial score (nSPS) is 12.1. The van der Waals surface area contributed by atoms with E-state index < -0.39 is 38.3 Å². The van der Waals surface area contributed by atoms with E-state index >= 15 is 0 Å². The molecule has 0 aliphatic carbocycles. The first-order chi connectivity index (χ1) is 10.7. The second-order valence-electron chi connectivity index (χ2n) is 4.31. The molecule has 23 heavy (non-hydrogen) atoms. The Morgan fingerprint density at radius 2 is 1.74 bits per heavy atom. The lowest BCUT2D eigenvalue weighted by molar-refractivity contribution is -0.135. The topological polar surface area (TPSA) is 122 Å². The highest BCUT2D eigenvalue weighted by Gasteiger charge is 2.23. The lowest BCUT2D eigenvalue weighted by Gasteiger charge is -2.00. The number of ketones is 1. The van der Waals surface area contributed by atoms with Gasteiger partial charge in [0.1, 0.15) is 12.1 Å². The molecule has 0 radical (unpaired) electrons. The molecule has 1 heterocycles. The lowest BCUT2D eigenvalue weighted by Crippen LogP contribution is -2.03. The van der Waals surface area contributed by atoms with E-state index in [2.05, 4.69) is 0 Å². The van der Waals surface area contributed by atoms with Crippen LogP contribution in [0.4, 0.5) is 4.39 Å². The van der Waals surface area contributed by atoms with Crippen molar-refractivity contribution in [3.8, 4) is 0 Å². The van der Waals surface area contributed by atoms with Crippen LogP contribution in [0.5, 0.6) is 0 Å². The molecule has 0 amide bonds. The number of furan rings is 1. The van der Waals surface area contributed by atoms with Crippen LogP contribution in [0.2, 0.25) is 0 Å². The van der Waals surface area contributed by atoms with E-state index in [9.17, 15) is 22.4 Å². The zero-order chi connectivity index (χ0) is 17.2. The number of hydrogen-bond acceptors (Lipinski definition) is 6. The maximum Gasteiger partial charge on any atom is 0.371 e. The van der Waals surface area contributed by atoms with Gasteiger partial charge >= 0.3 is 5.97 Å². The Hall–Kier alpha value is -2.94. The van der Waals surface area contributed by atoms with Gasteiger partial charge in [0.25, 0.3) is 0 Å². The van der Waals surface area contributed by atoms with Crippen molar-refractivity contribution in [2.45, 2.75) is 9.99 Å². The minimum atomic E-state index is -4.10. The van der Waals surface area contributed by atoms with E-state index in [1.807, 2.05) is 0 Å². The summed E-state index contributed by atoms with van der Waals surface area (Å²) >= 11 is 0. The number of hydrogen-bond donors (Lipinski definition) is 2. The minimum Gasteiger partial charge on any atom is -0.502 e. The third-order valence-electron chi connectivity index (χ3n) is 2.74. The molecule has 7 nitrogen and oxygen atoms in total. The second-order valence-corrected chi connectivity index (χ2v) is 6.19. The molecule has 0 atom stereocenters. The van der Waals surface area contributed by atoms with Crippen LogP contribution in [0.25, 0.3) is 0 Å². The first kappa shape index (κ1) is 16.4. The van der Waals surface area contributed by atoms with Crippen LogP contribution in [0.3, 0.4) is 0 Å². The Morgan fingerprint density at radius 3 is 2.30 bits per heavy atom. The smallest absolute Gasteiger partial charge is 0.371 e. The van der Waals surface area contributed by atoms with Gasteiger partial charge in [0.15, 0.2) is 5.78 Å². The molecule has 0 bridgehead atoms. The van der Waals surface area contributed by atoms with Gasteiger partial charge in [-0.1, -0.05) is 0 Å². The van der Waals surface area contributed by atoms with Gasteiger partial charge < -0.3 is 14.6 Å². The molecule has 0 fully saturated rings. The fourth-order valence-corrected chi connectivity index (χ4v) is 2.77. The van der Waals surface area contributed by atoms with E-state index in [-0.39, 0.29) is 10.5 Å². The predicted octanol–water partition coefficient (Wildman–Crippen LogP) is 1.96. The van der Waals surface area contributed by atoms with Crippen LogP contribution in [-0.2, 0) is 14.6 Å². The highest BCUT2D eigenvalue weighted by Crippen LogP contribution is 2.23. The van der Waals surface area contributed by atoms with Gasteiger partial charge in [-0.2, -0.15) is 0 Å². The summed E-state index contributed by atoms with van der Waals surface area (Å²) in [6.45, 7) is 0. The summed E-state index contributed by atoms with van der Waals surface area (Å²) in [6, 6.07) is 4.85. The van der Waals surface area contributed by atoms with Crippen LogP contribution >= 0.6 is 0 Å². The van der Waals surface area contributed by atoms with Crippen molar-refractivity contribution in [3.05, 3.63) is 59.8 Å². The number of aliphatic hydroxyl groups is 1. The number of carbonyl (C=O) groups is 2. The summed E-state index contributed by atoms with van der Waals surface area (Å²) in [5.74, 6) is -4.47. The number of aliphatic hydroxyl groups excluding tert-OH is 1. The maximum absolute atomic E-state index is 12.8. The third kappa shape index (κ3) is 3.46. The molecular formula is C14H9FO7S. The van der Waals surface area contributed by atoms with Crippen molar-refractivity contribution >= 4 is 21.6 Å². The number of carboxylic acids is 1. The standard InChI is InChI=1S/C14H9FO7S/c15-9-1-3-10(4-2-9)23(20,21)13-5-8(7-22-13)11(16)6-12(17)14(18)19/h1-7,17H,(H,18,19). The Balaban J connectivity index is 2.35. The summed E-state index contributed by atoms with van der Waals surface area (Å²) in [4.78, 5) is 21.9. The molecule has 0 saturated carbocycles. The third-order valence-corrected chi connectivity index (χ3v) is 4.37. The van der Waals surface area contributed by atoms with Crippen molar-refractivity contribution in [2.75, 3.05) is 0 Å². The Morgan fingerprint density at radius 1 is 1.13 bits per heavy atom. The van der Waals surface area contributed by atoms with Crippen LogP contribution in [0.1, 0.15) is 10.4 Å². The number of allylic oxidation sites excluding steroid dienone is 1. The predicted molar refractivity (Wildman–Crippen MR) is 73.2 cm³/mol. The Bertz CT molecular complexity index is 891. The molecule has 2 N–H and O–H groups in total. The first-order valence-electron chi connectivity index (χ1n) is 5.99. The molecular weight excluding hydrogens is 331 g/mol. The van der Waals surface area contributed by atoms with E-state index in [0.717, 1.165) is 36.6 Å². The minimum absolute atomic E-state index is 0.240. The van der Waals surface area contributed by atoms with E-state index in [1.54, 1.807) is 0 Å². The van der Waals surface area contributed by atoms with E-state index in [0.29, 0.717) is 6.08 Å². The summed E-state index contributed by atoms with van der Waals surface area (Å²) in [5.41, 5.74) is -0.265. The molecule has 2 rings (SSSR count). The van der Waals surface area contributed by atoms with Gasteiger partial charge in [-0.15, -0.1) is 0 Å². The Labute approximate surface area is 129 Å². The number of benzene rings is 1. The van der Waals surface area contributed by atoms with Crippen molar-refractivity contribution in [1.29, 1.82) is 0 Å². The van der Waals surface area contributed by atoms with E-state index in [1.165, 1.54) is 0 Å². The highest BCUT2D eigenvalue weighted by molar-refractivity contribution is 7.91. The zero-order valence-electron chi connectivity index (χ0n) is 11.3. The number of carbonyl (C=O) groups excluding carboxylic acids is 1. The SMILES string of the molecule is O=C(O)C(O)=CC(=O)c1coc(S(=O)(=O)c2ccc(F)cc2)c1. The number of carboxylic acid groups (broad SMARTS) is 1. The fourth-order valence-electron chi connectivity index (χ4n) is 1.59. The average molecular weight is 340 g/mol. The number of halogens is 1. The van der Waals surface area contributed by atoms with Crippen molar-refractivity contribution < 1.29 is 37.0 Å². The molecule has 9 heteroatoms. The van der Waals surface area contributed by atoms with Crippen molar-refractivity contribution in [1.82, 2.24) is 0 Å². The fraction of sp³-hybridized carbons (Fsp3) is 0. The molecule has 2 aromatic rings. The lowest BCUT2D eigenvalue weighted by atomic mass is 10.2.